The zero-order chi connectivity index (χ0) is 18.8. The summed E-state index contributed by atoms with van der Waals surface area (Å²) in [6.45, 7) is 8.49. The fourth-order valence-electron chi connectivity index (χ4n) is 4.24. The van der Waals surface area contributed by atoms with Crippen LogP contribution in [0.4, 0.5) is 0 Å². The maximum Gasteiger partial charge on any atom is 0.191 e. The number of halogens is 1. The highest BCUT2D eigenvalue weighted by Crippen LogP contribution is 2.34. The van der Waals surface area contributed by atoms with Crippen molar-refractivity contribution in [1.29, 1.82) is 0 Å². The van der Waals surface area contributed by atoms with Crippen molar-refractivity contribution in [3.63, 3.8) is 0 Å². The number of morpholine rings is 1. The van der Waals surface area contributed by atoms with Crippen molar-refractivity contribution in [3.05, 3.63) is 30.1 Å². The van der Waals surface area contributed by atoms with E-state index in [-0.39, 0.29) is 29.5 Å². The molecule has 2 fully saturated rings. The second kappa shape index (κ2) is 12.6. The Balaban J connectivity index is 0.00000280. The summed E-state index contributed by atoms with van der Waals surface area (Å²) in [5, 5.41) is 6.89. The summed E-state index contributed by atoms with van der Waals surface area (Å²) in [7, 11) is 0. The molecule has 0 radical (unpaired) electrons. The van der Waals surface area contributed by atoms with E-state index in [0.29, 0.717) is 0 Å². The molecule has 2 aliphatic rings. The van der Waals surface area contributed by atoms with Gasteiger partial charge in [-0.05, 0) is 31.9 Å². The number of hydrogen-bond acceptors (Lipinski definition) is 4. The van der Waals surface area contributed by atoms with Gasteiger partial charge in [0.2, 0.25) is 0 Å². The first kappa shape index (κ1) is 23.3. The molecule has 0 aromatic carbocycles. The fourth-order valence-corrected chi connectivity index (χ4v) is 4.24. The molecule has 0 spiro atoms. The van der Waals surface area contributed by atoms with Gasteiger partial charge in [-0.15, -0.1) is 24.0 Å². The van der Waals surface area contributed by atoms with Gasteiger partial charge in [0.1, 0.15) is 0 Å². The van der Waals surface area contributed by atoms with Crippen molar-refractivity contribution in [2.24, 2.45) is 4.99 Å². The molecular weight excluding hydrogens is 465 g/mol. The lowest BCUT2D eigenvalue weighted by atomic mass is 9.80. The Morgan fingerprint density at radius 2 is 1.96 bits per heavy atom. The average Bonchev–Trinajstić information content (AvgIpc) is 2.74. The summed E-state index contributed by atoms with van der Waals surface area (Å²) in [6.07, 6.45) is 9.25. The quantitative estimate of drug-likeness (QED) is 0.342. The van der Waals surface area contributed by atoms with Crippen LogP contribution in [0, 0.1) is 0 Å². The minimum atomic E-state index is 0. The summed E-state index contributed by atoms with van der Waals surface area (Å²) in [4.78, 5) is 12.1. The third-order valence-electron chi connectivity index (χ3n) is 5.74. The summed E-state index contributed by atoms with van der Waals surface area (Å²) in [6, 6.07) is 6.07. The van der Waals surface area contributed by atoms with Crippen molar-refractivity contribution in [2.45, 2.75) is 51.0 Å². The van der Waals surface area contributed by atoms with Crippen molar-refractivity contribution in [2.75, 3.05) is 45.9 Å². The molecule has 2 heterocycles. The largest absolute Gasteiger partial charge is 0.379 e. The molecule has 6 nitrogen and oxygen atoms in total. The minimum Gasteiger partial charge on any atom is -0.379 e. The molecule has 0 atom stereocenters. The number of hydrogen-bond donors (Lipinski definition) is 2. The van der Waals surface area contributed by atoms with Gasteiger partial charge in [-0.1, -0.05) is 25.3 Å². The third kappa shape index (κ3) is 6.84. The van der Waals surface area contributed by atoms with Crippen molar-refractivity contribution >= 4 is 29.9 Å². The Labute approximate surface area is 186 Å². The molecular formula is C21H36IN5O. The van der Waals surface area contributed by atoms with E-state index in [1.165, 1.54) is 32.1 Å². The molecule has 1 aliphatic heterocycles. The monoisotopic (exact) mass is 501 g/mol. The number of guanidine groups is 1. The number of rotatable bonds is 7. The second-order valence-electron chi connectivity index (χ2n) is 7.58. The number of nitrogens with one attached hydrogen (secondary N) is 2. The predicted octanol–water partition coefficient (Wildman–Crippen LogP) is 2.83. The molecule has 0 amide bonds. The molecule has 158 valence electrons. The lowest BCUT2D eigenvalue weighted by molar-refractivity contribution is -0.0333. The lowest BCUT2D eigenvalue weighted by Gasteiger charge is -2.47. The first-order chi connectivity index (χ1) is 13.3. The van der Waals surface area contributed by atoms with Crippen LogP contribution in [0.3, 0.4) is 0 Å². The van der Waals surface area contributed by atoms with E-state index in [0.717, 1.165) is 64.0 Å². The van der Waals surface area contributed by atoms with E-state index < -0.39 is 0 Å². The molecule has 1 aromatic heterocycles. The predicted molar refractivity (Wildman–Crippen MR) is 126 cm³/mol. The molecule has 1 aromatic rings. The Kier molecular flexibility index (Phi) is 10.5. The molecule has 7 heteroatoms. The van der Waals surface area contributed by atoms with Crippen LogP contribution in [0.1, 0.15) is 44.7 Å². The van der Waals surface area contributed by atoms with Gasteiger partial charge in [0, 0.05) is 50.0 Å². The molecule has 28 heavy (non-hydrogen) atoms. The SMILES string of the molecule is CCNC(=NCC1(N2CCOCC2)CCCCC1)NCCc1ccccn1.I. The van der Waals surface area contributed by atoms with Crippen molar-refractivity contribution in [3.8, 4) is 0 Å². The third-order valence-corrected chi connectivity index (χ3v) is 5.74. The second-order valence-corrected chi connectivity index (χ2v) is 7.58. The van der Waals surface area contributed by atoms with Crippen LogP contribution < -0.4 is 10.6 Å². The highest BCUT2D eigenvalue weighted by atomic mass is 127. The first-order valence-electron chi connectivity index (χ1n) is 10.6. The van der Waals surface area contributed by atoms with E-state index in [1.807, 2.05) is 18.3 Å². The molecule has 1 saturated carbocycles. The maximum atomic E-state index is 5.59. The number of aromatic nitrogens is 1. The smallest absolute Gasteiger partial charge is 0.191 e. The average molecular weight is 501 g/mol. The molecule has 3 rings (SSSR count). The molecule has 0 unspecified atom stereocenters. The van der Waals surface area contributed by atoms with Crippen molar-refractivity contribution < 1.29 is 4.74 Å². The first-order valence-corrected chi connectivity index (χ1v) is 10.6. The molecule has 0 bridgehead atoms. The summed E-state index contributed by atoms with van der Waals surface area (Å²) in [5.41, 5.74) is 1.32. The maximum absolute atomic E-state index is 5.59. The standard InChI is InChI=1S/C21H35N5O.HI/c1-2-22-20(24-13-9-19-8-4-7-12-23-19)25-18-21(10-5-3-6-11-21)26-14-16-27-17-15-26;/h4,7-8,12H,2-3,5-6,9-11,13-18H2,1H3,(H2,22,24,25);1H. The highest BCUT2D eigenvalue weighted by Gasteiger charge is 2.38. The van der Waals surface area contributed by atoms with Crippen LogP contribution in [0.25, 0.3) is 0 Å². The number of aliphatic imine (C=N–C) groups is 1. The van der Waals surface area contributed by atoms with E-state index in [9.17, 15) is 0 Å². The van der Waals surface area contributed by atoms with Gasteiger partial charge < -0.3 is 15.4 Å². The van der Waals surface area contributed by atoms with Gasteiger partial charge in [-0.25, -0.2) is 0 Å². The highest BCUT2D eigenvalue weighted by molar-refractivity contribution is 14.0. The number of nitrogens with zero attached hydrogens (tertiary/aromatic N) is 3. The Morgan fingerprint density at radius 1 is 1.18 bits per heavy atom. The van der Waals surface area contributed by atoms with Gasteiger partial charge in [-0.2, -0.15) is 0 Å². The van der Waals surface area contributed by atoms with Gasteiger partial charge >= 0.3 is 0 Å². The number of pyridine rings is 1. The van der Waals surface area contributed by atoms with Gasteiger partial charge in [0.15, 0.2) is 5.96 Å². The normalized spacial score (nSPS) is 20.2. The van der Waals surface area contributed by atoms with Crippen LogP contribution in [0.5, 0.6) is 0 Å². The zero-order valence-corrected chi connectivity index (χ0v) is 19.5. The zero-order valence-electron chi connectivity index (χ0n) is 17.2. The van der Waals surface area contributed by atoms with Gasteiger partial charge in [0.25, 0.3) is 0 Å². The van der Waals surface area contributed by atoms with Crippen LogP contribution >= 0.6 is 24.0 Å². The topological polar surface area (TPSA) is 61.8 Å². The summed E-state index contributed by atoms with van der Waals surface area (Å²) >= 11 is 0. The molecule has 2 N–H and O–H groups in total. The summed E-state index contributed by atoms with van der Waals surface area (Å²) in [5.74, 6) is 0.923. The minimum absolute atomic E-state index is 0. The summed E-state index contributed by atoms with van der Waals surface area (Å²) < 4.78 is 5.59. The van der Waals surface area contributed by atoms with Crippen LogP contribution in [-0.4, -0.2) is 67.3 Å². The fraction of sp³-hybridized carbons (Fsp3) is 0.714. The van der Waals surface area contributed by atoms with Gasteiger partial charge in [0.05, 0.1) is 19.8 Å². The number of ether oxygens (including phenoxy) is 1. The van der Waals surface area contributed by atoms with Crippen LogP contribution in [-0.2, 0) is 11.2 Å². The van der Waals surface area contributed by atoms with E-state index in [2.05, 4.69) is 33.5 Å². The van der Waals surface area contributed by atoms with E-state index >= 15 is 0 Å². The Hall–Kier alpha value is -0.930. The van der Waals surface area contributed by atoms with Crippen LogP contribution in [0.2, 0.25) is 0 Å². The van der Waals surface area contributed by atoms with Gasteiger partial charge in [-0.3, -0.25) is 14.9 Å². The molecule has 1 aliphatic carbocycles. The van der Waals surface area contributed by atoms with E-state index in [4.69, 9.17) is 9.73 Å². The molecule has 1 saturated heterocycles. The lowest BCUT2D eigenvalue weighted by Crippen LogP contribution is -2.56. The van der Waals surface area contributed by atoms with E-state index in [1.54, 1.807) is 0 Å². The van der Waals surface area contributed by atoms with Crippen molar-refractivity contribution in [1.82, 2.24) is 20.5 Å². The Bertz CT molecular complexity index is 571. The van der Waals surface area contributed by atoms with Crippen LogP contribution in [0.15, 0.2) is 29.4 Å². The Morgan fingerprint density at radius 3 is 2.64 bits per heavy atom.